The number of hydrogen-bond donors (Lipinski definition) is 1. The van der Waals surface area contributed by atoms with Crippen molar-refractivity contribution in [2.75, 3.05) is 0 Å². The molecule has 0 aliphatic carbocycles. The molecule has 1 rings (SSSR count). The molecule has 0 heterocycles. The van der Waals surface area contributed by atoms with E-state index in [0.29, 0.717) is 17.9 Å². The van der Waals surface area contributed by atoms with Gasteiger partial charge in [-0.1, -0.05) is 32.0 Å². The molecule has 0 radical (unpaired) electrons. The fourth-order valence-electron chi connectivity index (χ4n) is 1.43. The summed E-state index contributed by atoms with van der Waals surface area (Å²) in [5, 5.41) is 0. The van der Waals surface area contributed by atoms with Crippen molar-refractivity contribution in [2.24, 2.45) is 11.7 Å². The largest absolute Gasteiger partial charge is 0.388 e. The third-order valence-corrected chi connectivity index (χ3v) is 2.56. The molecular weight excluding hydrogens is 230 g/mol. The van der Waals surface area contributed by atoms with Gasteiger partial charge in [-0.25, -0.2) is 9.59 Å². The Morgan fingerprint density at radius 2 is 1.78 bits per heavy atom. The Morgan fingerprint density at radius 1 is 1.17 bits per heavy atom. The van der Waals surface area contributed by atoms with Gasteiger partial charge in [0.1, 0.15) is 6.04 Å². The maximum atomic E-state index is 11.6. The van der Waals surface area contributed by atoms with Gasteiger partial charge < -0.3 is 10.5 Å². The van der Waals surface area contributed by atoms with Gasteiger partial charge in [0.05, 0.1) is 5.56 Å². The van der Waals surface area contributed by atoms with E-state index in [-0.39, 0.29) is 0 Å². The minimum Gasteiger partial charge on any atom is -0.388 e. The van der Waals surface area contributed by atoms with Crippen LogP contribution in [0, 0.1) is 5.92 Å². The van der Waals surface area contributed by atoms with Gasteiger partial charge in [0.25, 0.3) is 0 Å². The number of carbonyl (C=O) groups excluding carboxylic acids is 2. The Kier molecular flexibility index (Phi) is 5.52. The summed E-state index contributed by atoms with van der Waals surface area (Å²) < 4.78 is 4.73. The van der Waals surface area contributed by atoms with Crippen molar-refractivity contribution >= 4 is 11.9 Å². The van der Waals surface area contributed by atoms with Gasteiger partial charge in [-0.2, -0.15) is 0 Å². The van der Waals surface area contributed by atoms with E-state index in [0.717, 1.165) is 6.42 Å². The Morgan fingerprint density at radius 3 is 2.33 bits per heavy atom. The molecule has 0 amide bonds. The van der Waals surface area contributed by atoms with Gasteiger partial charge >= 0.3 is 11.9 Å². The fraction of sp³-hybridized carbons (Fsp3) is 0.429. The summed E-state index contributed by atoms with van der Waals surface area (Å²) >= 11 is 0. The highest BCUT2D eigenvalue weighted by atomic mass is 16.6. The lowest BCUT2D eigenvalue weighted by molar-refractivity contribution is -0.139. The lowest BCUT2D eigenvalue weighted by atomic mass is 10.0. The molecule has 0 aromatic heterocycles. The van der Waals surface area contributed by atoms with Crippen LogP contribution in [0.3, 0.4) is 0 Å². The van der Waals surface area contributed by atoms with Crippen molar-refractivity contribution in [3.8, 4) is 0 Å². The smallest absolute Gasteiger partial charge is 0.345 e. The van der Waals surface area contributed by atoms with E-state index in [9.17, 15) is 9.59 Å². The molecule has 98 valence electrons. The molecule has 18 heavy (non-hydrogen) atoms. The summed E-state index contributed by atoms with van der Waals surface area (Å²) in [5.41, 5.74) is 6.01. The molecule has 0 spiro atoms. The summed E-state index contributed by atoms with van der Waals surface area (Å²) in [4.78, 5) is 23.2. The summed E-state index contributed by atoms with van der Waals surface area (Å²) in [6.45, 7) is 4.10. The van der Waals surface area contributed by atoms with Gasteiger partial charge in [-0.05, 0) is 30.9 Å². The molecule has 4 heteroatoms. The lowest BCUT2D eigenvalue weighted by Crippen LogP contribution is -2.34. The van der Waals surface area contributed by atoms with Crippen LogP contribution in [0.15, 0.2) is 30.3 Å². The Balaban J connectivity index is 2.47. The van der Waals surface area contributed by atoms with E-state index in [2.05, 4.69) is 0 Å². The molecule has 2 N–H and O–H groups in total. The van der Waals surface area contributed by atoms with Crippen molar-refractivity contribution in [1.82, 2.24) is 0 Å². The SMILES string of the molecule is CC(C)CC[C@H](N)C(=O)OC(=O)c1ccccc1. The van der Waals surface area contributed by atoms with E-state index in [1.165, 1.54) is 0 Å². The average Bonchev–Trinajstić information content (AvgIpc) is 2.36. The maximum absolute atomic E-state index is 11.6. The highest BCUT2D eigenvalue weighted by molar-refractivity contribution is 5.97. The molecule has 0 saturated heterocycles. The number of rotatable bonds is 5. The van der Waals surface area contributed by atoms with Gasteiger partial charge in [-0.15, -0.1) is 0 Å². The quantitative estimate of drug-likeness (QED) is 0.641. The molecule has 0 unspecified atom stereocenters. The molecule has 1 atom stereocenters. The minimum absolute atomic E-state index is 0.349. The first kappa shape index (κ1) is 14.4. The summed E-state index contributed by atoms with van der Waals surface area (Å²) in [6, 6.07) is 7.65. The molecule has 0 fully saturated rings. The third kappa shape index (κ3) is 4.67. The van der Waals surface area contributed by atoms with Crippen LogP contribution in [0.5, 0.6) is 0 Å². The van der Waals surface area contributed by atoms with E-state index >= 15 is 0 Å². The molecule has 0 aliphatic rings. The summed E-state index contributed by atoms with van der Waals surface area (Å²) in [5.74, 6) is -0.848. The van der Waals surface area contributed by atoms with Crippen LogP contribution in [0.4, 0.5) is 0 Å². The zero-order valence-electron chi connectivity index (χ0n) is 10.8. The standard InChI is InChI=1S/C14H19NO3/c1-10(2)8-9-12(15)14(17)18-13(16)11-6-4-3-5-7-11/h3-7,10,12H,8-9,15H2,1-2H3/t12-/m0/s1. The van der Waals surface area contributed by atoms with E-state index < -0.39 is 18.0 Å². The molecule has 0 saturated carbocycles. The van der Waals surface area contributed by atoms with Gasteiger partial charge in [0.2, 0.25) is 0 Å². The molecular formula is C14H19NO3. The molecule has 0 aliphatic heterocycles. The Hall–Kier alpha value is -1.68. The van der Waals surface area contributed by atoms with Crippen molar-refractivity contribution in [3.05, 3.63) is 35.9 Å². The number of hydrogen-bond acceptors (Lipinski definition) is 4. The average molecular weight is 249 g/mol. The van der Waals surface area contributed by atoms with E-state index in [1.807, 2.05) is 13.8 Å². The predicted octanol–water partition coefficient (Wildman–Crippen LogP) is 2.13. The van der Waals surface area contributed by atoms with E-state index in [1.54, 1.807) is 30.3 Å². The molecule has 1 aromatic carbocycles. The van der Waals surface area contributed by atoms with Crippen LogP contribution in [-0.4, -0.2) is 18.0 Å². The molecule has 1 aromatic rings. The Labute approximate surface area is 107 Å². The first-order chi connectivity index (χ1) is 8.50. The second-order valence-electron chi connectivity index (χ2n) is 4.65. The van der Waals surface area contributed by atoms with Gasteiger partial charge in [0.15, 0.2) is 0 Å². The molecule has 4 nitrogen and oxygen atoms in total. The minimum atomic E-state index is -0.736. The predicted molar refractivity (Wildman–Crippen MR) is 68.9 cm³/mol. The van der Waals surface area contributed by atoms with Crippen LogP contribution in [0.1, 0.15) is 37.0 Å². The van der Waals surface area contributed by atoms with Crippen molar-refractivity contribution < 1.29 is 14.3 Å². The zero-order chi connectivity index (χ0) is 13.5. The van der Waals surface area contributed by atoms with Crippen LogP contribution in [0.25, 0.3) is 0 Å². The van der Waals surface area contributed by atoms with Crippen LogP contribution >= 0.6 is 0 Å². The molecule has 0 bridgehead atoms. The first-order valence-electron chi connectivity index (χ1n) is 6.07. The lowest BCUT2D eigenvalue weighted by Gasteiger charge is -2.11. The Bertz CT molecular complexity index is 401. The number of carbonyl (C=O) groups is 2. The zero-order valence-corrected chi connectivity index (χ0v) is 10.8. The van der Waals surface area contributed by atoms with Crippen molar-refractivity contribution in [2.45, 2.75) is 32.7 Å². The number of nitrogens with two attached hydrogens (primary N) is 1. The monoisotopic (exact) mass is 249 g/mol. The van der Waals surface area contributed by atoms with Crippen molar-refractivity contribution in [3.63, 3.8) is 0 Å². The second-order valence-corrected chi connectivity index (χ2v) is 4.65. The normalized spacial score (nSPS) is 12.2. The topological polar surface area (TPSA) is 69.4 Å². The van der Waals surface area contributed by atoms with Gasteiger partial charge in [0, 0.05) is 0 Å². The summed E-state index contributed by atoms with van der Waals surface area (Å²) in [7, 11) is 0. The highest BCUT2D eigenvalue weighted by Gasteiger charge is 2.19. The van der Waals surface area contributed by atoms with Gasteiger partial charge in [-0.3, -0.25) is 0 Å². The second kappa shape index (κ2) is 6.91. The van der Waals surface area contributed by atoms with Crippen LogP contribution in [0.2, 0.25) is 0 Å². The van der Waals surface area contributed by atoms with Crippen LogP contribution in [-0.2, 0) is 9.53 Å². The summed E-state index contributed by atoms with van der Waals surface area (Å²) in [6.07, 6.45) is 1.36. The maximum Gasteiger partial charge on any atom is 0.345 e. The van der Waals surface area contributed by atoms with Crippen LogP contribution < -0.4 is 5.73 Å². The highest BCUT2D eigenvalue weighted by Crippen LogP contribution is 2.08. The fourth-order valence-corrected chi connectivity index (χ4v) is 1.43. The number of benzene rings is 1. The van der Waals surface area contributed by atoms with E-state index in [4.69, 9.17) is 10.5 Å². The third-order valence-electron chi connectivity index (χ3n) is 2.56. The number of ether oxygens (including phenoxy) is 1. The first-order valence-corrected chi connectivity index (χ1v) is 6.07. The van der Waals surface area contributed by atoms with Crippen molar-refractivity contribution in [1.29, 1.82) is 0 Å². The number of esters is 2.